The number of rotatable bonds is 7. The van der Waals surface area contributed by atoms with Gasteiger partial charge in [0.05, 0.1) is 5.92 Å². The lowest BCUT2D eigenvalue weighted by Gasteiger charge is -2.28. The van der Waals surface area contributed by atoms with E-state index in [4.69, 9.17) is 0 Å². The Morgan fingerprint density at radius 2 is 1.87 bits per heavy atom. The SMILES string of the molecule is CC(C)C(=O)Cc1cccc(C[C@H](C(=O)O)C2CCNCC2)c1. The number of Topliss-reactive ketones (excluding diaryl/α,β-unsaturated/α-hetero) is 1. The van der Waals surface area contributed by atoms with Crippen molar-refractivity contribution in [3.63, 3.8) is 0 Å². The molecule has 1 heterocycles. The summed E-state index contributed by atoms with van der Waals surface area (Å²) in [5.41, 5.74) is 2.00. The van der Waals surface area contributed by atoms with Crippen LogP contribution in [0, 0.1) is 17.8 Å². The standard InChI is InChI=1S/C19H27NO3/c1-13(2)18(21)12-15-5-3-4-14(10-15)11-17(19(22)23)16-6-8-20-9-7-16/h3-5,10,13,16-17,20H,6-9,11-12H2,1-2H3,(H,22,23)/t17-/m0/s1. The molecule has 0 unspecified atom stereocenters. The molecule has 1 aromatic carbocycles. The molecule has 4 nitrogen and oxygen atoms in total. The molecule has 0 bridgehead atoms. The second-order valence-electron chi connectivity index (χ2n) is 6.85. The van der Waals surface area contributed by atoms with E-state index in [1.807, 2.05) is 38.1 Å². The zero-order valence-electron chi connectivity index (χ0n) is 14.0. The van der Waals surface area contributed by atoms with Crippen LogP contribution >= 0.6 is 0 Å². The Balaban J connectivity index is 2.07. The maximum absolute atomic E-state index is 11.9. The van der Waals surface area contributed by atoms with Crippen LogP contribution in [0.15, 0.2) is 24.3 Å². The van der Waals surface area contributed by atoms with Gasteiger partial charge in [0.15, 0.2) is 0 Å². The molecule has 2 rings (SSSR count). The Morgan fingerprint density at radius 1 is 1.22 bits per heavy atom. The van der Waals surface area contributed by atoms with Gasteiger partial charge in [-0.15, -0.1) is 0 Å². The van der Waals surface area contributed by atoms with E-state index in [2.05, 4.69) is 5.32 Å². The van der Waals surface area contributed by atoms with Crippen molar-refractivity contribution in [3.05, 3.63) is 35.4 Å². The smallest absolute Gasteiger partial charge is 0.307 e. The number of nitrogens with one attached hydrogen (secondary N) is 1. The molecule has 0 aromatic heterocycles. The third-order valence-electron chi connectivity index (χ3n) is 4.74. The minimum Gasteiger partial charge on any atom is -0.481 e. The van der Waals surface area contributed by atoms with E-state index >= 15 is 0 Å². The van der Waals surface area contributed by atoms with Gasteiger partial charge in [0.1, 0.15) is 5.78 Å². The molecule has 1 aliphatic rings. The van der Waals surface area contributed by atoms with E-state index < -0.39 is 5.97 Å². The van der Waals surface area contributed by atoms with E-state index in [0.717, 1.165) is 37.1 Å². The number of piperidine rings is 1. The fourth-order valence-electron chi connectivity index (χ4n) is 3.23. The number of carbonyl (C=O) groups is 2. The monoisotopic (exact) mass is 317 g/mol. The largest absolute Gasteiger partial charge is 0.481 e. The van der Waals surface area contributed by atoms with Crippen molar-refractivity contribution in [2.75, 3.05) is 13.1 Å². The first-order valence-electron chi connectivity index (χ1n) is 8.51. The summed E-state index contributed by atoms with van der Waals surface area (Å²) in [7, 11) is 0. The highest BCUT2D eigenvalue weighted by molar-refractivity contribution is 5.82. The molecule has 1 fully saturated rings. The highest BCUT2D eigenvalue weighted by Gasteiger charge is 2.29. The van der Waals surface area contributed by atoms with Crippen LogP contribution in [-0.2, 0) is 22.4 Å². The van der Waals surface area contributed by atoms with Gasteiger partial charge in [0.25, 0.3) is 0 Å². The average molecular weight is 317 g/mol. The van der Waals surface area contributed by atoms with Crippen LogP contribution < -0.4 is 5.32 Å². The number of aliphatic carboxylic acids is 1. The lowest BCUT2D eigenvalue weighted by atomic mass is 9.81. The molecule has 2 N–H and O–H groups in total. The number of benzene rings is 1. The van der Waals surface area contributed by atoms with E-state index in [-0.39, 0.29) is 23.5 Å². The maximum Gasteiger partial charge on any atom is 0.307 e. The molecule has 23 heavy (non-hydrogen) atoms. The highest BCUT2D eigenvalue weighted by Crippen LogP contribution is 2.26. The molecule has 0 amide bonds. The topological polar surface area (TPSA) is 66.4 Å². The molecule has 0 spiro atoms. The van der Waals surface area contributed by atoms with Crippen molar-refractivity contribution in [2.24, 2.45) is 17.8 Å². The third-order valence-corrected chi connectivity index (χ3v) is 4.74. The summed E-state index contributed by atoms with van der Waals surface area (Å²) in [6, 6.07) is 7.85. The highest BCUT2D eigenvalue weighted by atomic mass is 16.4. The molecule has 1 atom stereocenters. The van der Waals surface area contributed by atoms with E-state index in [9.17, 15) is 14.7 Å². The van der Waals surface area contributed by atoms with Crippen molar-refractivity contribution in [1.29, 1.82) is 0 Å². The number of carbonyl (C=O) groups excluding carboxylic acids is 1. The second-order valence-corrected chi connectivity index (χ2v) is 6.85. The number of ketones is 1. The van der Waals surface area contributed by atoms with Crippen LogP contribution in [-0.4, -0.2) is 29.9 Å². The summed E-state index contributed by atoms with van der Waals surface area (Å²) in [6.07, 6.45) is 2.81. The van der Waals surface area contributed by atoms with Gasteiger partial charge >= 0.3 is 5.97 Å². The predicted octanol–water partition coefficient (Wildman–Crippen LogP) is 2.70. The van der Waals surface area contributed by atoms with Crippen LogP contribution in [0.2, 0.25) is 0 Å². The van der Waals surface area contributed by atoms with Gasteiger partial charge in [-0.3, -0.25) is 9.59 Å². The lowest BCUT2D eigenvalue weighted by Crippen LogP contribution is -2.35. The zero-order chi connectivity index (χ0) is 16.8. The van der Waals surface area contributed by atoms with Crippen LogP contribution in [0.1, 0.15) is 37.8 Å². The first-order valence-corrected chi connectivity index (χ1v) is 8.51. The van der Waals surface area contributed by atoms with Gasteiger partial charge in [-0.25, -0.2) is 0 Å². The maximum atomic E-state index is 11.9. The summed E-state index contributed by atoms with van der Waals surface area (Å²) in [5, 5.41) is 12.9. The first-order chi connectivity index (χ1) is 11.0. The molecule has 0 radical (unpaired) electrons. The van der Waals surface area contributed by atoms with Gasteiger partial charge in [0.2, 0.25) is 0 Å². The van der Waals surface area contributed by atoms with Gasteiger partial charge < -0.3 is 10.4 Å². The van der Waals surface area contributed by atoms with Crippen molar-refractivity contribution >= 4 is 11.8 Å². The molecule has 1 aliphatic heterocycles. The fraction of sp³-hybridized carbons (Fsp3) is 0.579. The summed E-state index contributed by atoms with van der Waals surface area (Å²) in [4.78, 5) is 23.6. The average Bonchev–Trinajstić information content (AvgIpc) is 2.53. The Labute approximate surface area is 138 Å². The molecule has 1 aromatic rings. The quantitative estimate of drug-likeness (QED) is 0.811. The predicted molar refractivity (Wildman–Crippen MR) is 90.4 cm³/mol. The minimum atomic E-state index is -0.708. The van der Waals surface area contributed by atoms with Gasteiger partial charge in [-0.2, -0.15) is 0 Å². The van der Waals surface area contributed by atoms with Crippen LogP contribution in [0.3, 0.4) is 0 Å². The zero-order valence-corrected chi connectivity index (χ0v) is 14.0. The van der Waals surface area contributed by atoms with Gasteiger partial charge in [-0.05, 0) is 49.4 Å². The summed E-state index contributed by atoms with van der Waals surface area (Å²) in [6.45, 7) is 5.61. The van der Waals surface area contributed by atoms with Crippen LogP contribution in [0.25, 0.3) is 0 Å². The number of carboxylic acid groups (broad SMARTS) is 1. The molecule has 126 valence electrons. The number of hydrogen-bond donors (Lipinski definition) is 2. The van der Waals surface area contributed by atoms with E-state index in [1.54, 1.807) is 0 Å². The molecular formula is C19H27NO3. The summed E-state index contributed by atoms with van der Waals surface area (Å²) < 4.78 is 0. The third kappa shape index (κ3) is 5.17. The van der Waals surface area contributed by atoms with Crippen molar-refractivity contribution in [2.45, 2.75) is 39.5 Å². The summed E-state index contributed by atoms with van der Waals surface area (Å²) >= 11 is 0. The minimum absolute atomic E-state index is 0.0279. The van der Waals surface area contributed by atoms with Crippen LogP contribution in [0.5, 0.6) is 0 Å². The van der Waals surface area contributed by atoms with Crippen molar-refractivity contribution in [3.8, 4) is 0 Å². The Morgan fingerprint density at radius 3 is 2.48 bits per heavy atom. The molecule has 0 saturated carbocycles. The fourth-order valence-corrected chi connectivity index (χ4v) is 3.23. The Kier molecular flexibility index (Phi) is 6.34. The van der Waals surface area contributed by atoms with Gasteiger partial charge in [-0.1, -0.05) is 38.1 Å². The number of hydrogen-bond acceptors (Lipinski definition) is 3. The number of carboxylic acids is 1. The molecule has 0 aliphatic carbocycles. The lowest BCUT2D eigenvalue weighted by molar-refractivity contribution is -0.144. The van der Waals surface area contributed by atoms with E-state index in [1.165, 1.54) is 0 Å². The second kappa shape index (κ2) is 8.25. The molecule has 1 saturated heterocycles. The van der Waals surface area contributed by atoms with Crippen molar-refractivity contribution in [1.82, 2.24) is 5.32 Å². The van der Waals surface area contributed by atoms with E-state index in [0.29, 0.717) is 12.8 Å². The van der Waals surface area contributed by atoms with Crippen molar-refractivity contribution < 1.29 is 14.7 Å². The Bertz CT molecular complexity index is 547. The Hall–Kier alpha value is -1.68. The molecular weight excluding hydrogens is 290 g/mol. The molecule has 4 heteroatoms. The summed E-state index contributed by atoms with van der Waals surface area (Å²) in [5.74, 6) is -0.570. The van der Waals surface area contributed by atoms with Crippen LogP contribution in [0.4, 0.5) is 0 Å². The first kappa shape index (κ1) is 17.7. The van der Waals surface area contributed by atoms with Gasteiger partial charge in [0, 0.05) is 12.3 Å². The normalized spacial score (nSPS) is 17.2.